The van der Waals surface area contributed by atoms with Gasteiger partial charge in [0.1, 0.15) is 5.75 Å². The molecule has 1 amide bonds. The Bertz CT molecular complexity index is 868. The minimum Gasteiger partial charge on any atom is -0.496 e. The van der Waals surface area contributed by atoms with Crippen molar-refractivity contribution in [1.29, 1.82) is 0 Å². The van der Waals surface area contributed by atoms with Gasteiger partial charge in [0.2, 0.25) is 5.91 Å². The van der Waals surface area contributed by atoms with Crippen LogP contribution in [0.5, 0.6) is 5.75 Å². The van der Waals surface area contributed by atoms with Gasteiger partial charge < -0.3 is 20.3 Å². The molecule has 0 saturated carbocycles. The van der Waals surface area contributed by atoms with Crippen molar-refractivity contribution in [2.75, 3.05) is 25.1 Å². The lowest BCUT2D eigenvalue weighted by Crippen LogP contribution is -2.36. The molecule has 1 fully saturated rings. The lowest BCUT2D eigenvalue weighted by molar-refractivity contribution is -0.117. The number of anilines is 1. The SMILES string of the molecule is CCNC(=NCc1ccc(N2CCCC2=O)cc1)NCc1ccc(C)cc1OC.I. The number of hydrogen-bond donors (Lipinski definition) is 2. The molecule has 30 heavy (non-hydrogen) atoms. The van der Waals surface area contributed by atoms with Crippen LogP contribution >= 0.6 is 24.0 Å². The number of hydrogen-bond acceptors (Lipinski definition) is 3. The summed E-state index contributed by atoms with van der Waals surface area (Å²) in [6, 6.07) is 14.3. The standard InChI is InChI=1S/C23H30N4O2.HI/c1-4-24-23(26-16-19-10-7-17(2)14-21(19)29-3)25-15-18-8-11-20(12-9-18)27-13-5-6-22(27)28;/h7-12,14H,4-6,13,15-16H2,1-3H3,(H2,24,25,26);1H. The normalized spacial score (nSPS) is 13.8. The number of methoxy groups -OCH3 is 1. The monoisotopic (exact) mass is 522 g/mol. The van der Waals surface area contributed by atoms with Gasteiger partial charge >= 0.3 is 0 Å². The van der Waals surface area contributed by atoms with E-state index in [1.165, 1.54) is 5.56 Å². The van der Waals surface area contributed by atoms with E-state index in [9.17, 15) is 4.79 Å². The quantitative estimate of drug-likeness (QED) is 0.328. The van der Waals surface area contributed by atoms with Crippen molar-refractivity contribution in [3.63, 3.8) is 0 Å². The maximum absolute atomic E-state index is 11.9. The molecule has 1 aliphatic rings. The molecule has 0 unspecified atom stereocenters. The molecule has 2 N–H and O–H groups in total. The summed E-state index contributed by atoms with van der Waals surface area (Å²) in [6.07, 6.45) is 1.59. The molecule has 2 aromatic rings. The number of amides is 1. The van der Waals surface area contributed by atoms with Crippen LogP contribution in [-0.4, -0.2) is 32.1 Å². The Kier molecular flexibility index (Phi) is 9.42. The fourth-order valence-corrected chi connectivity index (χ4v) is 3.39. The molecule has 0 aliphatic carbocycles. The fraction of sp³-hybridized carbons (Fsp3) is 0.391. The van der Waals surface area contributed by atoms with Gasteiger partial charge in [0.05, 0.1) is 13.7 Å². The molecule has 1 saturated heterocycles. The minimum atomic E-state index is 0. The number of carbonyl (C=O) groups is 1. The van der Waals surface area contributed by atoms with Gasteiger partial charge in [-0.2, -0.15) is 0 Å². The van der Waals surface area contributed by atoms with Crippen LogP contribution < -0.4 is 20.3 Å². The van der Waals surface area contributed by atoms with Crippen LogP contribution in [0.2, 0.25) is 0 Å². The van der Waals surface area contributed by atoms with Crippen LogP contribution in [0.4, 0.5) is 5.69 Å². The highest BCUT2D eigenvalue weighted by Gasteiger charge is 2.21. The number of aliphatic imine (C=N–C) groups is 1. The van der Waals surface area contributed by atoms with Gasteiger partial charge in [0.15, 0.2) is 5.96 Å². The Morgan fingerprint density at radius 3 is 2.57 bits per heavy atom. The summed E-state index contributed by atoms with van der Waals surface area (Å²) in [5, 5.41) is 6.65. The maximum Gasteiger partial charge on any atom is 0.227 e. The highest BCUT2D eigenvalue weighted by atomic mass is 127. The number of halogens is 1. The topological polar surface area (TPSA) is 66.0 Å². The third kappa shape index (κ3) is 6.35. The molecule has 7 heteroatoms. The van der Waals surface area contributed by atoms with Crippen molar-refractivity contribution in [1.82, 2.24) is 10.6 Å². The molecule has 0 atom stereocenters. The Morgan fingerprint density at radius 1 is 1.17 bits per heavy atom. The van der Waals surface area contributed by atoms with E-state index >= 15 is 0 Å². The molecule has 3 rings (SSSR count). The summed E-state index contributed by atoms with van der Waals surface area (Å²) >= 11 is 0. The van der Waals surface area contributed by atoms with Gasteiger partial charge in [-0.1, -0.05) is 24.3 Å². The van der Waals surface area contributed by atoms with Crippen molar-refractivity contribution in [2.24, 2.45) is 4.99 Å². The summed E-state index contributed by atoms with van der Waals surface area (Å²) in [4.78, 5) is 18.4. The number of ether oxygens (including phenoxy) is 1. The lowest BCUT2D eigenvalue weighted by atomic mass is 10.1. The highest BCUT2D eigenvalue weighted by molar-refractivity contribution is 14.0. The predicted molar refractivity (Wildman–Crippen MR) is 133 cm³/mol. The van der Waals surface area contributed by atoms with Gasteiger partial charge in [-0.15, -0.1) is 24.0 Å². The first-order valence-electron chi connectivity index (χ1n) is 10.2. The highest BCUT2D eigenvalue weighted by Crippen LogP contribution is 2.22. The van der Waals surface area contributed by atoms with E-state index in [1.807, 2.05) is 42.2 Å². The number of rotatable bonds is 7. The van der Waals surface area contributed by atoms with E-state index in [0.29, 0.717) is 19.5 Å². The van der Waals surface area contributed by atoms with Crippen LogP contribution in [-0.2, 0) is 17.9 Å². The first kappa shape index (κ1) is 24.0. The number of guanidine groups is 1. The van der Waals surface area contributed by atoms with E-state index in [-0.39, 0.29) is 29.9 Å². The van der Waals surface area contributed by atoms with Crippen LogP contribution in [0, 0.1) is 6.92 Å². The summed E-state index contributed by atoms with van der Waals surface area (Å²) in [6.45, 7) is 6.89. The Morgan fingerprint density at radius 2 is 1.93 bits per heavy atom. The predicted octanol–water partition coefficient (Wildman–Crippen LogP) is 4.00. The van der Waals surface area contributed by atoms with Crippen LogP contribution in [0.1, 0.15) is 36.5 Å². The van der Waals surface area contributed by atoms with Crippen LogP contribution in [0.15, 0.2) is 47.5 Å². The summed E-state index contributed by atoms with van der Waals surface area (Å²) in [7, 11) is 1.69. The van der Waals surface area contributed by atoms with E-state index in [0.717, 1.165) is 48.0 Å². The second kappa shape index (κ2) is 11.8. The Balaban J connectivity index is 0.00000320. The van der Waals surface area contributed by atoms with Crippen LogP contribution in [0.25, 0.3) is 0 Å². The molecule has 162 valence electrons. The molecule has 0 spiro atoms. The Hall–Kier alpha value is -2.29. The number of benzene rings is 2. The average molecular weight is 522 g/mol. The second-order valence-electron chi connectivity index (χ2n) is 7.18. The number of nitrogens with zero attached hydrogens (tertiary/aromatic N) is 2. The summed E-state index contributed by atoms with van der Waals surface area (Å²) in [5.41, 5.74) is 4.33. The third-order valence-electron chi connectivity index (χ3n) is 4.97. The van der Waals surface area contributed by atoms with Crippen molar-refractivity contribution in [3.8, 4) is 5.75 Å². The smallest absolute Gasteiger partial charge is 0.227 e. The average Bonchev–Trinajstić information content (AvgIpc) is 3.17. The lowest BCUT2D eigenvalue weighted by Gasteiger charge is -2.16. The van der Waals surface area contributed by atoms with Gasteiger partial charge in [0.25, 0.3) is 0 Å². The van der Waals surface area contributed by atoms with E-state index in [1.54, 1.807) is 7.11 Å². The van der Waals surface area contributed by atoms with Crippen molar-refractivity contribution >= 4 is 41.5 Å². The first-order valence-corrected chi connectivity index (χ1v) is 10.2. The van der Waals surface area contributed by atoms with E-state index in [4.69, 9.17) is 4.74 Å². The number of nitrogens with one attached hydrogen (secondary N) is 2. The molecule has 1 heterocycles. The van der Waals surface area contributed by atoms with Crippen LogP contribution in [0.3, 0.4) is 0 Å². The molecular formula is C23H31IN4O2. The molecule has 1 aliphatic heterocycles. The molecular weight excluding hydrogens is 491 g/mol. The van der Waals surface area contributed by atoms with Crippen molar-refractivity contribution in [2.45, 2.75) is 39.8 Å². The molecule has 6 nitrogen and oxygen atoms in total. The zero-order chi connectivity index (χ0) is 20.6. The van der Waals surface area contributed by atoms with Gasteiger partial charge in [-0.3, -0.25) is 4.79 Å². The maximum atomic E-state index is 11.9. The zero-order valence-electron chi connectivity index (χ0n) is 17.9. The van der Waals surface area contributed by atoms with Gasteiger partial charge in [-0.25, -0.2) is 4.99 Å². The number of carbonyl (C=O) groups excluding carboxylic acids is 1. The first-order chi connectivity index (χ1) is 14.1. The minimum absolute atomic E-state index is 0. The molecule has 0 bridgehead atoms. The largest absolute Gasteiger partial charge is 0.496 e. The summed E-state index contributed by atoms with van der Waals surface area (Å²) in [5.74, 6) is 1.84. The fourth-order valence-electron chi connectivity index (χ4n) is 3.39. The summed E-state index contributed by atoms with van der Waals surface area (Å²) < 4.78 is 5.48. The Labute approximate surface area is 196 Å². The van der Waals surface area contributed by atoms with Crippen molar-refractivity contribution < 1.29 is 9.53 Å². The second-order valence-corrected chi connectivity index (χ2v) is 7.18. The van der Waals surface area contributed by atoms with E-state index < -0.39 is 0 Å². The van der Waals surface area contributed by atoms with Gasteiger partial charge in [0, 0.05) is 37.3 Å². The number of aryl methyl sites for hydroxylation is 1. The zero-order valence-corrected chi connectivity index (χ0v) is 20.2. The third-order valence-corrected chi connectivity index (χ3v) is 4.97. The molecule has 0 aromatic heterocycles. The van der Waals surface area contributed by atoms with Crippen molar-refractivity contribution in [3.05, 3.63) is 59.2 Å². The molecule has 0 radical (unpaired) electrons. The molecule has 2 aromatic carbocycles. The van der Waals surface area contributed by atoms with Gasteiger partial charge in [-0.05, 0) is 49.6 Å². The van der Waals surface area contributed by atoms with E-state index in [2.05, 4.69) is 34.7 Å².